The second kappa shape index (κ2) is 15.0. The second-order valence-corrected chi connectivity index (χ2v) is 12.8. The highest BCUT2D eigenvalue weighted by molar-refractivity contribution is 7.99. The molecule has 0 unspecified atom stereocenters. The number of sulfonamides is 1. The van der Waals surface area contributed by atoms with E-state index in [-0.39, 0.29) is 17.3 Å². The first-order valence-electron chi connectivity index (χ1n) is 13.4. The average molecular weight is 640 g/mol. The van der Waals surface area contributed by atoms with E-state index in [2.05, 4.69) is 10.3 Å². The summed E-state index contributed by atoms with van der Waals surface area (Å²) in [5.74, 6) is -0.243. The van der Waals surface area contributed by atoms with E-state index >= 15 is 0 Å². The van der Waals surface area contributed by atoms with E-state index in [9.17, 15) is 23.3 Å². The number of halogens is 1. The summed E-state index contributed by atoms with van der Waals surface area (Å²) in [4.78, 5) is 29.0. The molecule has 1 heterocycles. The van der Waals surface area contributed by atoms with Gasteiger partial charge in [-0.1, -0.05) is 48.4 Å². The summed E-state index contributed by atoms with van der Waals surface area (Å²) in [6, 6.07) is 22.8. The van der Waals surface area contributed by atoms with Gasteiger partial charge in [0, 0.05) is 40.1 Å². The fraction of sp³-hybridized carbons (Fsp3) is 0.200. The van der Waals surface area contributed by atoms with E-state index in [1.54, 1.807) is 36.0 Å². The predicted octanol–water partition coefficient (Wildman–Crippen LogP) is 6.13. The van der Waals surface area contributed by atoms with Crippen LogP contribution in [0.3, 0.4) is 0 Å². The number of carbonyl (C=O) groups is 1. The normalized spacial score (nSPS) is 12.0. The largest absolute Gasteiger partial charge is 0.376 e. The fourth-order valence-corrected chi connectivity index (χ4v) is 6.30. The number of nitrogens with two attached hydrogens (primary N) is 1. The standard InChI is InChI=1S/C30H30ClN5O5S2/c31-23-13-15-27(33-19-23)21-9-11-22(12-10-21)30(37)35-43(40,41)26-14-16-28(29(18-26)36(38)39)34-24(6-4-5-17-32)20-42-25-7-2-1-3-8-25/h1-3,7-16,18-19,24,34H,4-6,17,20,32H2,(H,35,37)/t24-/m1/s1. The lowest BCUT2D eigenvalue weighted by molar-refractivity contribution is -0.384. The Morgan fingerprint density at radius 2 is 1.77 bits per heavy atom. The highest BCUT2D eigenvalue weighted by Crippen LogP contribution is 2.30. The summed E-state index contributed by atoms with van der Waals surface area (Å²) < 4.78 is 28.1. The quantitative estimate of drug-likeness (QED) is 0.0639. The van der Waals surface area contributed by atoms with Crippen molar-refractivity contribution in [2.24, 2.45) is 5.73 Å². The number of nitro benzene ring substituents is 1. The molecule has 3 aromatic carbocycles. The highest BCUT2D eigenvalue weighted by Gasteiger charge is 2.25. The minimum atomic E-state index is -4.42. The predicted molar refractivity (Wildman–Crippen MR) is 170 cm³/mol. The van der Waals surface area contributed by atoms with Gasteiger partial charge in [0.25, 0.3) is 21.6 Å². The topological polar surface area (TPSA) is 157 Å². The van der Waals surface area contributed by atoms with Gasteiger partial charge in [-0.25, -0.2) is 13.1 Å². The van der Waals surface area contributed by atoms with Crippen molar-refractivity contribution in [1.82, 2.24) is 9.71 Å². The molecule has 1 atom stereocenters. The Bertz CT molecular complexity index is 1660. The third-order valence-corrected chi connectivity index (χ3v) is 9.16. The van der Waals surface area contributed by atoms with Crippen LogP contribution >= 0.6 is 23.4 Å². The number of benzene rings is 3. The molecule has 43 heavy (non-hydrogen) atoms. The molecule has 13 heteroatoms. The molecule has 4 aromatic rings. The van der Waals surface area contributed by atoms with E-state index in [4.69, 9.17) is 17.3 Å². The zero-order valence-corrected chi connectivity index (χ0v) is 25.4. The molecule has 0 saturated carbocycles. The number of anilines is 1. The van der Waals surface area contributed by atoms with Crippen LogP contribution in [0.15, 0.2) is 101 Å². The Morgan fingerprint density at radius 3 is 2.42 bits per heavy atom. The monoisotopic (exact) mass is 639 g/mol. The van der Waals surface area contributed by atoms with Crippen molar-refractivity contribution in [3.8, 4) is 11.3 Å². The van der Waals surface area contributed by atoms with E-state index in [0.717, 1.165) is 30.2 Å². The molecule has 0 spiro atoms. The van der Waals surface area contributed by atoms with Crippen molar-refractivity contribution in [3.05, 3.63) is 112 Å². The molecular formula is C30H30ClN5O5S2. The Balaban J connectivity index is 1.49. The Hall–Kier alpha value is -3.97. The molecule has 0 aliphatic rings. The van der Waals surface area contributed by atoms with Crippen LogP contribution in [0, 0.1) is 10.1 Å². The van der Waals surface area contributed by atoms with Crippen LogP contribution in [0.2, 0.25) is 5.02 Å². The van der Waals surface area contributed by atoms with Gasteiger partial charge in [0.15, 0.2) is 0 Å². The van der Waals surface area contributed by atoms with Crippen LogP contribution in [-0.4, -0.2) is 42.6 Å². The number of hydrogen-bond acceptors (Lipinski definition) is 9. The van der Waals surface area contributed by atoms with Crippen molar-refractivity contribution >= 4 is 50.7 Å². The van der Waals surface area contributed by atoms with Gasteiger partial charge in [-0.2, -0.15) is 0 Å². The maximum Gasteiger partial charge on any atom is 0.293 e. The van der Waals surface area contributed by atoms with Crippen LogP contribution in [0.1, 0.15) is 29.6 Å². The zero-order valence-electron chi connectivity index (χ0n) is 23.0. The molecule has 0 saturated heterocycles. The highest BCUT2D eigenvalue weighted by atomic mass is 35.5. The third-order valence-electron chi connectivity index (χ3n) is 6.43. The first-order valence-corrected chi connectivity index (χ1v) is 16.2. The van der Waals surface area contributed by atoms with Crippen molar-refractivity contribution < 1.29 is 18.1 Å². The number of nitro groups is 1. The van der Waals surface area contributed by atoms with Gasteiger partial charge in [-0.05, 0) is 67.9 Å². The average Bonchev–Trinajstić information content (AvgIpc) is 3.00. The molecule has 1 aromatic heterocycles. The number of thioether (sulfide) groups is 1. The molecule has 1 amide bonds. The Morgan fingerprint density at radius 1 is 1.02 bits per heavy atom. The van der Waals surface area contributed by atoms with Crippen LogP contribution in [-0.2, 0) is 10.0 Å². The van der Waals surface area contributed by atoms with Gasteiger partial charge >= 0.3 is 0 Å². The summed E-state index contributed by atoms with van der Waals surface area (Å²) in [6.07, 6.45) is 3.86. The summed E-state index contributed by atoms with van der Waals surface area (Å²) in [7, 11) is -4.42. The molecule has 0 aliphatic heterocycles. The Kier molecular flexibility index (Phi) is 11.1. The molecule has 4 N–H and O–H groups in total. The third kappa shape index (κ3) is 9.01. The van der Waals surface area contributed by atoms with E-state index < -0.39 is 31.4 Å². The number of aromatic nitrogens is 1. The van der Waals surface area contributed by atoms with Crippen LogP contribution in [0.5, 0.6) is 0 Å². The van der Waals surface area contributed by atoms with Gasteiger partial charge in [0.05, 0.1) is 20.5 Å². The SMILES string of the molecule is NCCCC[C@H](CSc1ccccc1)Nc1ccc(S(=O)(=O)NC(=O)c2ccc(-c3ccc(Cl)cn3)cc2)cc1[N+](=O)[O-]. The van der Waals surface area contributed by atoms with Crippen molar-refractivity contribution in [3.63, 3.8) is 0 Å². The van der Waals surface area contributed by atoms with E-state index in [1.807, 2.05) is 35.1 Å². The van der Waals surface area contributed by atoms with Crippen molar-refractivity contribution in [1.29, 1.82) is 0 Å². The summed E-state index contributed by atoms with van der Waals surface area (Å²) in [5, 5.41) is 15.7. The number of carbonyl (C=O) groups excluding carboxylic acids is 1. The number of amides is 1. The summed E-state index contributed by atoms with van der Waals surface area (Å²) in [5.41, 5.74) is 6.85. The maximum absolute atomic E-state index is 13.1. The molecule has 10 nitrogen and oxygen atoms in total. The molecule has 224 valence electrons. The smallest absolute Gasteiger partial charge is 0.293 e. The fourth-order valence-electron chi connectivity index (χ4n) is 4.20. The van der Waals surface area contributed by atoms with Gasteiger partial charge in [-0.3, -0.25) is 19.9 Å². The van der Waals surface area contributed by atoms with Crippen molar-refractivity contribution in [2.75, 3.05) is 17.6 Å². The van der Waals surface area contributed by atoms with E-state index in [1.165, 1.54) is 30.5 Å². The number of unbranched alkanes of at least 4 members (excludes halogenated alkanes) is 1. The second-order valence-electron chi connectivity index (χ2n) is 9.56. The molecule has 0 fully saturated rings. The van der Waals surface area contributed by atoms with Gasteiger partial charge in [0.1, 0.15) is 5.69 Å². The number of hydrogen-bond donors (Lipinski definition) is 3. The lowest BCUT2D eigenvalue weighted by Gasteiger charge is -2.20. The number of pyridine rings is 1. The first kappa shape index (κ1) is 32.0. The molecule has 0 bridgehead atoms. The minimum Gasteiger partial charge on any atom is -0.376 e. The minimum absolute atomic E-state index is 0.0883. The van der Waals surface area contributed by atoms with Crippen molar-refractivity contribution in [2.45, 2.75) is 35.1 Å². The summed E-state index contributed by atoms with van der Waals surface area (Å²) in [6.45, 7) is 0.542. The number of nitrogens with one attached hydrogen (secondary N) is 2. The van der Waals surface area contributed by atoms with E-state index in [0.29, 0.717) is 28.6 Å². The van der Waals surface area contributed by atoms with Crippen LogP contribution in [0.25, 0.3) is 11.3 Å². The zero-order chi connectivity index (χ0) is 30.8. The lowest BCUT2D eigenvalue weighted by Crippen LogP contribution is -2.30. The van der Waals surface area contributed by atoms with Gasteiger partial charge in [-0.15, -0.1) is 11.8 Å². The molecule has 0 aliphatic carbocycles. The number of rotatable bonds is 14. The maximum atomic E-state index is 13.1. The summed E-state index contributed by atoms with van der Waals surface area (Å²) >= 11 is 7.49. The van der Waals surface area contributed by atoms with Gasteiger partial charge < -0.3 is 11.1 Å². The number of nitrogens with zero attached hydrogens (tertiary/aromatic N) is 2. The van der Waals surface area contributed by atoms with Crippen LogP contribution < -0.4 is 15.8 Å². The molecular weight excluding hydrogens is 610 g/mol. The van der Waals surface area contributed by atoms with Crippen LogP contribution in [0.4, 0.5) is 11.4 Å². The Labute approximate surface area is 259 Å². The van der Waals surface area contributed by atoms with Gasteiger partial charge in [0.2, 0.25) is 0 Å². The molecule has 0 radical (unpaired) electrons. The lowest BCUT2D eigenvalue weighted by atomic mass is 10.1. The molecule has 4 rings (SSSR count). The first-order chi connectivity index (χ1) is 20.7.